The van der Waals surface area contributed by atoms with Gasteiger partial charge in [-0.2, -0.15) is 0 Å². The number of benzene rings is 2. The Morgan fingerprint density at radius 1 is 1.09 bits per heavy atom. The zero-order valence-corrected chi connectivity index (χ0v) is 29.6. The largest absolute Gasteiger partial charge is 0.506 e. The Morgan fingerprint density at radius 2 is 1.83 bits per heavy atom. The van der Waals surface area contributed by atoms with Crippen molar-refractivity contribution in [2.24, 2.45) is 5.16 Å². The molecular formula is C35H31N6O10S2+. The summed E-state index contributed by atoms with van der Waals surface area (Å²) in [7, 11) is 0. The molecule has 0 radical (unpaired) electrons. The molecule has 18 heteroatoms. The van der Waals surface area contributed by atoms with Crippen molar-refractivity contribution in [3.63, 3.8) is 0 Å². The van der Waals surface area contributed by atoms with E-state index in [1.54, 1.807) is 36.7 Å². The highest BCUT2D eigenvalue weighted by molar-refractivity contribution is 8.00. The van der Waals surface area contributed by atoms with E-state index in [0.717, 1.165) is 27.4 Å². The number of carbonyl (C=O) groups is 5. The number of phenols is 1. The molecular weight excluding hydrogens is 729 g/mol. The van der Waals surface area contributed by atoms with Crippen LogP contribution in [0.1, 0.15) is 41.0 Å². The smallest absolute Gasteiger partial charge is 0.352 e. The normalized spacial score (nSPS) is 17.4. The first-order valence-corrected chi connectivity index (χ1v) is 17.7. The van der Waals surface area contributed by atoms with Gasteiger partial charge in [0.25, 0.3) is 11.8 Å². The molecule has 0 saturated carbocycles. The number of thioether (sulfide) groups is 1. The molecule has 1 saturated heterocycles. The number of carbonyl (C=O) groups excluding carboxylic acids is 2. The van der Waals surface area contributed by atoms with Crippen molar-refractivity contribution in [1.29, 1.82) is 0 Å². The third kappa shape index (κ3) is 7.40. The number of fused-ring (bicyclic) bond motifs is 2. The van der Waals surface area contributed by atoms with E-state index in [1.807, 2.05) is 28.8 Å². The number of nitrogens with one attached hydrogen (secondary N) is 1. The number of hydrogen-bond acceptors (Lipinski definition) is 12. The number of carboxylic acid groups (broad SMARTS) is 3. The maximum atomic E-state index is 13.3. The number of amides is 2. The fourth-order valence-corrected chi connectivity index (χ4v) is 7.36. The van der Waals surface area contributed by atoms with E-state index in [0.29, 0.717) is 22.9 Å². The van der Waals surface area contributed by atoms with Gasteiger partial charge in [0.15, 0.2) is 29.8 Å². The molecule has 53 heavy (non-hydrogen) atoms. The molecule has 2 amide bonds. The minimum absolute atomic E-state index is 0.00361. The number of nitrogens with two attached hydrogens (primary N) is 1. The lowest BCUT2D eigenvalue weighted by molar-refractivity contribution is -0.687. The van der Waals surface area contributed by atoms with E-state index in [4.69, 9.17) is 10.6 Å². The average molecular weight is 760 g/mol. The molecule has 0 bridgehead atoms. The lowest BCUT2D eigenvalue weighted by atomic mass is 10.0. The summed E-state index contributed by atoms with van der Waals surface area (Å²) in [6.45, 7) is 2.96. The monoisotopic (exact) mass is 759 g/mol. The van der Waals surface area contributed by atoms with Gasteiger partial charge in [0.2, 0.25) is 5.60 Å². The minimum atomic E-state index is -1.79. The van der Waals surface area contributed by atoms with Gasteiger partial charge in [-0.1, -0.05) is 41.6 Å². The molecule has 0 spiro atoms. The lowest BCUT2D eigenvalue weighted by Gasteiger charge is -2.49. The molecule has 2 aliphatic rings. The van der Waals surface area contributed by atoms with Crippen LogP contribution in [0.15, 0.2) is 82.7 Å². The summed E-state index contributed by atoms with van der Waals surface area (Å²) >= 11 is 2.27. The molecule has 272 valence electrons. The molecule has 2 aromatic carbocycles. The number of rotatable bonds is 12. The van der Waals surface area contributed by atoms with E-state index in [2.05, 4.69) is 15.5 Å². The maximum absolute atomic E-state index is 13.3. The lowest BCUT2D eigenvalue weighted by Crippen LogP contribution is -2.71. The number of aromatic hydroxyl groups is 1. The highest BCUT2D eigenvalue weighted by atomic mass is 32.2. The fraction of sp³-hybridized carbons (Fsp3) is 0.200. The number of aromatic nitrogens is 2. The summed E-state index contributed by atoms with van der Waals surface area (Å²) in [6, 6.07) is 11.0. The van der Waals surface area contributed by atoms with Crippen LogP contribution in [0.4, 0.5) is 5.13 Å². The van der Waals surface area contributed by atoms with E-state index < -0.39 is 52.5 Å². The van der Waals surface area contributed by atoms with Crippen molar-refractivity contribution in [3.8, 4) is 5.75 Å². The summed E-state index contributed by atoms with van der Waals surface area (Å²) in [5, 5.41) is 47.3. The first-order valence-electron chi connectivity index (χ1n) is 15.7. The van der Waals surface area contributed by atoms with Gasteiger partial charge >= 0.3 is 17.9 Å². The van der Waals surface area contributed by atoms with Gasteiger partial charge in [-0.3, -0.25) is 14.5 Å². The van der Waals surface area contributed by atoms with Gasteiger partial charge < -0.3 is 36.3 Å². The molecule has 0 aliphatic carbocycles. The minimum Gasteiger partial charge on any atom is -0.506 e. The van der Waals surface area contributed by atoms with Crippen molar-refractivity contribution in [2.45, 2.75) is 37.4 Å². The van der Waals surface area contributed by atoms with Crippen LogP contribution in [0.3, 0.4) is 0 Å². The van der Waals surface area contributed by atoms with Crippen molar-refractivity contribution >= 4 is 80.5 Å². The third-order valence-electron chi connectivity index (χ3n) is 8.39. The van der Waals surface area contributed by atoms with Crippen LogP contribution >= 0.6 is 23.1 Å². The third-order valence-corrected chi connectivity index (χ3v) is 10.4. The highest BCUT2D eigenvalue weighted by Gasteiger charge is 2.54. The topological polar surface area (TPSA) is 246 Å². The van der Waals surface area contributed by atoms with Crippen LogP contribution in [0.2, 0.25) is 0 Å². The molecule has 2 atom stereocenters. The zero-order chi connectivity index (χ0) is 38.2. The van der Waals surface area contributed by atoms with Gasteiger partial charge in [0.1, 0.15) is 34.1 Å². The molecule has 2 aliphatic heterocycles. The van der Waals surface area contributed by atoms with E-state index >= 15 is 0 Å². The number of carboxylic acids is 3. The number of aliphatic carboxylic acids is 2. The van der Waals surface area contributed by atoms with Crippen LogP contribution in [0.25, 0.3) is 16.8 Å². The second-order valence-electron chi connectivity index (χ2n) is 12.4. The molecule has 2 aromatic heterocycles. The Kier molecular flexibility index (Phi) is 9.92. The number of hydrogen-bond donors (Lipinski definition) is 6. The van der Waals surface area contributed by atoms with Gasteiger partial charge in [-0.25, -0.2) is 23.9 Å². The van der Waals surface area contributed by atoms with Gasteiger partial charge in [-0.05, 0) is 37.1 Å². The summed E-state index contributed by atoms with van der Waals surface area (Å²) in [5.41, 5.74) is 5.25. The molecule has 4 aromatic rings. The number of allylic oxidation sites excluding steroid dienone is 1. The number of nitrogen functional groups attached to an aromatic ring is 1. The SMILES string of the molecule is CC(C)(O/N=C(\C(=O)N[C@@H]1C(=O)N2C(C(=O)O)=C(/C=C/c3ccc(C[n+]4ccc5c(O)c(C(=O)O)ccc5c4)cc3)CS[C@H]12)c1csc(N)n1)C(=O)O. The van der Waals surface area contributed by atoms with Gasteiger partial charge in [-0.15, -0.1) is 23.1 Å². The average Bonchev–Trinajstić information content (AvgIpc) is 3.55. The first-order chi connectivity index (χ1) is 25.1. The summed E-state index contributed by atoms with van der Waals surface area (Å²) in [5.74, 6) is -5.48. The number of anilines is 1. The Hall–Kier alpha value is -6.27. The number of β-lactam (4-membered cyclic amide) rings is 1. The summed E-state index contributed by atoms with van der Waals surface area (Å²) < 4.78 is 1.89. The zero-order valence-electron chi connectivity index (χ0n) is 27.9. The molecule has 16 nitrogen and oxygen atoms in total. The first kappa shape index (κ1) is 36.5. The van der Waals surface area contributed by atoms with Gasteiger partial charge in [0, 0.05) is 33.5 Å². The predicted molar refractivity (Wildman–Crippen MR) is 193 cm³/mol. The Balaban J connectivity index is 1.14. The molecule has 4 heterocycles. The quantitative estimate of drug-likeness (QED) is 0.0527. The van der Waals surface area contributed by atoms with Crippen molar-refractivity contribution < 1.29 is 53.8 Å². The highest BCUT2D eigenvalue weighted by Crippen LogP contribution is 2.41. The molecule has 1 fully saturated rings. The fourth-order valence-electron chi connectivity index (χ4n) is 5.50. The van der Waals surface area contributed by atoms with Crippen LogP contribution in [-0.2, 0) is 30.6 Å². The maximum Gasteiger partial charge on any atom is 0.352 e. The van der Waals surface area contributed by atoms with E-state index in [-0.39, 0.29) is 33.6 Å². The summed E-state index contributed by atoms with van der Waals surface area (Å²) in [4.78, 5) is 72.1. The second-order valence-corrected chi connectivity index (χ2v) is 14.4. The standard InChI is InChI=1S/C35H30N6O10S2/c1-35(2,33(49)50)51-39-24(23-16-53-34(36)37-23)28(43)38-25-29(44)41-26(32(47)48)20(15-52-30(25)41)8-7-17-3-5-18(6-4-17)13-40-12-11-21-19(14-40)9-10-22(27(21)42)31(45)46/h3-12,14,16,25,30H,13,15H2,1-2H3,(H6-,36,37,38,42,43,45,46,47,48,49,50)/p+1/b8-7+,39-24-/t25-,30-/m1/s1. The number of pyridine rings is 1. The van der Waals surface area contributed by atoms with E-state index in [9.17, 15) is 44.4 Å². The van der Waals surface area contributed by atoms with Crippen LogP contribution in [0, 0.1) is 0 Å². The van der Waals surface area contributed by atoms with E-state index in [1.165, 1.54) is 37.1 Å². The van der Waals surface area contributed by atoms with Gasteiger partial charge in [0.05, 0.1) is 0 Å². The van der Waals surface area contributed by atoms with Crippen molar-refractivity contribution in [1.82, 2.24) is 15.2 Å². The predicted octanol–water partition coefficient (Wildman–Crippen LogP) is 2.65. The van der Waals surface area contributed by atoms with Crippen molar-refractivity contribution in [2.75, 3.05) is 11.5 Å². The number of oxime groups is 1. The van der Waals surface area contributed by atoms with Crippen LogP contribution in [-0.4, -0.2) is 88.5 Å². The Labute approximate surface area is 308 Å². The second kappa shape index (κ2) is 14.4. The molecule has 6 rings (SSSR count). The van der Waals surface area contributed by atoms with Crippen LogP contribution < -0.4 is 15.6 Å². The number of thiazole rings is 1. The van der Waals surface area contributed by atoms with Crippen LogP contribution in [0.5, 0.6) is 5.75 Å². The summed E-state index contributed by atoms with van der Waals surface area (Å²) in [6.07, 6.45) is 6.91. The Bertz CT molecular complexity index is 2280. The Morgan fingerprint density at radius 3 is 2.47 bits per heavy atom. The number of aromatic carboxylic acids is 1. The van der Waals surface area contributed by atoms with Crippen molar-refractivity contribution in [3.05, 3.63) is 100.0 Å². The molecule has 7 N–H and O–H groups in total. The molecule has 0 unspecified atom stereocenters. The number of nitrogens with zero attached hydrogens (tertiary/aromatic N) is 4.